The summed E-state index contributed by atoms with van der Waals surface area (Å²) in [6, 6.07) is 7.86. The average molecular weight is 270 g/mol. The van der Waals surface area contributed by atoms with Gasteiger partial charge in [0.05, 0.1) is 7.11 Å². The van der Waals surface area contributed by atoms with Gasteiger partial charge in [0.15, 0.2) is 0 Å². The summed E-state index contributed by atoms with van der Waals surface area (Å²) in [6.45, 7) is 1.94. The van der Waals surface area contributed by atoms with Crippen LogP contribution in [0.1, 0.15) is 18.9 Å². The predicted molar refractivity (Wildman–Crippen MR) is 74.3 cm³/mol. The molecule has 0 N–H and O–H groups in total. The normalized spacial score (nSPS) is 12.0. The molecule has 0 spiro atoms. The highest BCUT2D eigenvalue weighted by Crippen LogP contribution is 2.13. The topological polar surface area (TPSA) is 29.5 Å². The quantitative estimate of drug-likeness (QED) is 0.743. The predicted octanol–water partition coefficient (Wildman–Crippen LogP) is 2.71. The lowest BCUT2D eigenvalue weighted by Gasteiger charge is -2.23. The molecule has 1 rings (SSSR count). The Morgan fingerprint density at radius 3 is 2.50 bits per heavy atom. The van der Waals surface area contributed by atoms with Gasteiger partial charge in [0.25, 0.3) is 0 Å². The minimum Gasteiger partial charge on any atom is -0.497 e. The molecule has 0 saturated heterocycles. The van der Waals surface area contributed by atoms with Crippen molar-refractivity contribution in [1.82, 2.24) is 4.90 Å². The number of amides is 1. The van der Waals surface area contributed by atoms with Crippen LogP contribution < -0.4 is 4.74 Å². The van der Waals surface area contributed by atoms with Crippen molar-refractivity contribution in [2.45, 2.75) is 25.8 Å². The molecule has 0 radical (unpaired) electrons. The van der Waals surface area contributed by atoms with Crippen molar-refractivity contribution >= 4 is 17.5 Å². The molecule has 0 aliphatic carbocycles. The minimum atomic E-state index is 0.0787. The molecule has 1 aromatic carbocycles. The standard InChI is InChI=1S/C14H20ClNO2/c1-11(10-15)16(2)14(17)9-6-12-4-7-13(18-3)8-5-12/h4-5,7-8,11H,6,9-10H2,1-3H3. The zero-order valence-electron chi connectivity index (χ0n) is 11.1. The van der Waals surface area contributed by atoms with Gasteiger partial charge in [0, 0.05) is 25.4 Å². The number of halogens is 1. The van der Waals surface area contributed by atoms with E-state index in [4.69, 9.17) is 16.3 Å². The molecule has 4 heteroatoms. The largest absolute Gasteiger partial charge is 0.497 e. The molecule has 18 heavy (non-hydrogen) atoms. The molecule has 1 unspecified atom stereocenters. The Morgan fingerprint density at radius 1 is 1.39 bits per heavy atom. The van der Waals surface area contributed by atoms with E-state index in [2.05, 4.69) is 0 Å². The fraction of sp³-hybridized carbons (Fsp3) is 0.500. The first-order chi connectivity index (χ1) is 8.58. The van der Waals surface area contributed by atoms with E-state index in [1.807, 2.05) is 31.2 Å². The number of methoxy groups -OCH3 is 1. The van der Waals surface area contributed by atoms with Crippen molar-refractivity contribution in [3.05, 3.63) is 29.8 Å². The number of hydrogen-bond donors (Lipinski definition) is 0. The first-order valence-electron chi connectivity index (χ1n) is 6.03. The van der Waals surface area contributed by atoms with Crippen LogP contribution >= 0.6 is 11.6 Å². The van der Waals surface area contributed by atoms with E-state index in [1.165, 1.54) is 0 Å². The molecule has 1 atom stereocenters. The number of carbonyl (C=O) groups excluding carboxylic acids is 1. The third-order valence-corrected chi connectivity index (χ3v) is 3.51. The van der Waals surface area contributed by atoms with E-state index in [-0.39, 0.29) is 11.9 Å². The number of benzene rings is 1. The van der Waals surface area contributed by atoms with E-state index >= 15 is 0 Å². The molecule has 0 heterocycles. The number of aryl methyl sites for hydroxylation is 1. The van der Waals surface area contributed by atoms with Crippen LogP contribution in [0.3, 0.4) is 0 Å². The second-order valence-electron chi connectivity index (χ2n) is 4.36. The summed E-state index contributed by atoms with van der Waals surface area (Å²) in [7, 11) is 3.43. The highest BCUT2D eigenvalue weighted by atomic mass is 35.5. The second-order valence-corrected chi connectivity index (χ2v) is 4.66. The Kier molecular flexibility index (Phi) is 5.99. The van der Waals surface area contributed by atoms with Gasteiger partial charge in [-0.15, -0.1) is 11.6 Å². The summed E-state index contributed by atoms with van der Waals surface area (Å²) >= 11 is 5.73. The summed E-state index contributed by atoms with van der Waals surface area (Å²) in [6.07, 6.45) is 1.24. The van der Waals surface area contributed by atoms with Crippen LogP contribution in [-0.4, -0.2) is 36.9 Å². The van der Waals surface area contributed by atoms with Crippen molar-refractivity contribution in [1.29, 1.82) is 0 Å². The number of rotatable bonds is 6. The smallest absolute Gasteiger partial charge is 0.222 e. The molecular weight excluding hydrogens is 250 g/mol. The highest BCUT2D eigenvalue weighted by molar-refractivity contribution is 6.18. The van der Waals surface area contributed by atoms with Gasteiger partial charge in [-0.05, 0) is 31.0 Å². The number of ether oxygens (including phenoxy) is 1. The molecule has 1 amide bonds. The van der Waals surface area contributed by atoms with Crippen LogP contribution in [0.2, 0.25) is 0 Å². The molecule has 0 saturated carbocycles. The van der Waals surface area contributed by atoms with Crippen LogP contribution in [0.15, 0.2) is 24.3 Å². The van der Waals surface area contributed by atoms with E-state index < -0.39 is 0 Å². The lowest BCUT2D eigenvalue weighted by atomic mass is 10.1. The number of alkyl halides is 1. The third kappa shape index (κ3) is 4.22. The molecule has 0 aliphatic heterocycles. The maximum Gasteiger partial charge on any atom is 0.222 e. The van der Waals surface area contributed by atoms with Crippen molar-refractivity contribution in [3.8, 4) is 5.75 Å². The zero-order chi connectivity index (χ0) is 13.5. The van der Waals surface area contributed by atoms with E-state index in [1.54, 1.807) is 19.1 Å². The molecule has 3 nitrogen and oxygen atoms in total. The molecular formula is C14H20ClNO2. The van der Waals surface area contributed by atoms with Gasteiger partial charge in [-0.3, -0.25) is 4.79 Å². The summed E-state index contributed by atoms with van der Waals surface area (Å²) in [5.74, 6) is 1.42. The average Bonchev–Trinajstić information content (AvgIpc) is 2.43. The van der Waals surface area contributed by atoms with Crippen LogP contribution in [-0.2, 0) is 11.2 Å². The van der Waals surface area contributed by atoms with Crippen molar-refractivity contribution in [2.24, 2.45) is 0 Å². The minimum absolute atomic E-state index is 0.0787. The SMILES string of the molecule is COc1ccc(CCC(=O)N(C)C(C)CCl)cc1. The van der Waals surface area contributed by atoms with Crippen LogP contribution in [0, 0.1) is 0 Å². The Bertz CT molecular complexity index is 378. The van der Waals surface area contributed by atoms with E-state index in [9.17, 15) is 4.79 Å². The Morgan fingerprint density at radius 2 is 2.00 bits per heavy atom. The lowest BCUT2D eigenvalue weighted by Crippen LogP contribution is -2.36. The Balaban J connectivity index is 2.46. The third-order valence-electron chi connectivity index (χ3n) is 3.06. The molecule has 0 bridgehead atoms. The van der Waals surface area contributed by atoms with Gasteiger partial charge in [0.2, 0.25) is 5.91 Å². The van der Waals surface area contributed by atoms with Crippen LogP contribution in [0.25, 0.3) is 0 Å². The summed E-state index contributed by atoms with van der Waals surface area (Å²) in [5, 5.41) is 0. The van der Waals surface area contributed by atoms with Gasteiger partial charge >= 0.3 is 0 Å². The molecule has 0 aliphatic rings. The number of nitrogens with zero attached hydrogens (tertiary/aromatic N) is 1. The molecule has 1 aromatic rings. The number of hydrogen-bond acceptors (Lipinski definition) is 2. The monoisotopic (exact) mass is 269 g/mol. The molecule has 0 aromatic heterocycles. The maximum atomic E-state index is 11.9. The number of carbonyl (C=O) groups is 1. The Labute approximate surface area is 114 Å². The zero-order valence-corrected chi connectivity index (χ0v) is 11.9. The van der Waals surface area contributed by atoms with Crippen molar-refractivity contribution < 1.29 is 9.53 Å². The summed E-state index contributed by atoms with van der Waals surface area (Å²) < 4.78 is 5.09. The fourth-order valence-corrected chi connectivity index (χ4v) is 1.78. The summed E-state index contributed by atoms with van der Waals surface area (Å²) in [5.41, 5.74) is 1.14. The Hall–Kier alpha value is -1.22. The van der Waals surface area contributed by atoms with Crippen molar-refractivity contribution in [2.75, 3.05) is 20.0 Å². The van der Waals surface area contributed by atoms with E-state index in [0.717, 1.165) is 17.7 Å². The van der Waals surface area contributed by atoms with Gasteiger partial charge in [-0.25, -0.2) is 0 Å². The molecule has 100 valence electrons. The van der Waals surface area contributed by atoms with Crippen molar-refractivity contribution in [3.63, 3.8) is 0 Å². The van der Waals surface area contributed by atoms with Gasteiger partial charge in [-0.2, -0.15) is 0 Å². The van der Waals surface area contributed by atoms with Gasteiger partial charge in [0.1, 0.15) is 5.75 Å². The first-order valence-corrected chi connectivity index (χ1v) is 6.56. The van der Waals surface area contributed by atoms with Crippen LogP contribution in [0.4, 0.5) is 0 Å². The van der Waals surface area contributed by atoms with Gasteiger partial charge < -0.3 is 9.64 Å². The van der Waals surface area contributed by atoms with Crippen LogP contribution in [0.5, 0.6) is 5.75 Å². The second kappa shape index (κ2) is 7.27. The highest BCUT2D eigenvalue weighted by Gasteiger charge is 2.14. The van der Waals surface area contributed by atoms with Gasteiger partial charge in [-0.1, -0.05) is 12.1 Å². The maximum absolute atomic E-state index is 11.9. The lowest BCUT2D eigenvalue weighted by molar-refractivity contribution is -0.131. The van der Waals surface area contributed by atoms with E-state index in [0.29, 0.717) is 12.3 Å². The molecule has 0 fully saturated rings. The summed E-state index contributed by atoms with van der Waals surface area (Å²) in [4.78, 5) is 13.6. The fourth-order valence-electron chi connectivity index (χ4n) is 1.57. The first kappa shape index (κ1) is 14.8.